The van der Waals surface area contributed by atoms with Crippen LogP contribution in [0.2, 0.25) is 0 Å². The van der Waals surface area contributed by atoms with Gasteiger partial charge in [0.05, 0.1) is 6.04 Å². The van der Waals surface area contributed by atoms with Gasteiger partial charge in [0.15, 0.2) is 6.61 Å². The Bertz CT molecular complexity index is 662. The first-order valence-electron chi connectivity index (χ1n) is 8.05. The summed E-state index contributed by atoms with van der Waals surface area (Å²) in [4.78, 5) is 12.2. The Hall–Kier alpha value is -2.29. The van der Waals surface area contributed by atoms with Gasteiger partial charge in [-0.15, -0.1) is 0 Å². The largest absolute Gasteiger partial charge is 0.484 e. The minimum absolute atomic E-state index is 0.0193. The van der Waals surface area contributed by atoms with Crippen molar-refractivity contribution in [1.82, 2.24) is 5.32 Å². The fourth-order valence-corrected chi connectivity index (χ4v) is 2.56. The average Bonchev–Trinajstić information content (AvgIpc) is 2.52. The summed E-state index contributed by atoms with van der Waals surface area (Å²) in [5, 5.41) is 3.04. The highest BCUT2D eigenvalue weighted by Gasteiger charge is 2.13. The number of carbonyl (C=O) groups is 1. The van der Waals surface area contributed by atoms with Crippen molar-refractivity contribution < 1.29 is 9.53 Å². The van der Waals surface area contributed by atoms with E-state index in [2.05, 4.69) is 43.4 Å². The molecule has 23 heavy (non-hydrogen) atoms. The molecule has 0 unspecified atom stereocenters. The summed E-state index contributed by atoms with van der Waals surface area (Å²) in [6.45, 7) is 8.18. The number of aryl methyl sites for hydroxylation is 3. The van der Waals surface area contributed by atoms with Crippen LogP contribution in [-0.4, -0.2) is 12.5 Å². The van der Waals surface area contributed by atoms with Gasteiger partial charge >= 0.3 is 0 Å². The van der Waals surface area contributed by atoms with Crippen molar-refractivity contribution in [3.05, 3.63) is 64.7 Å². The van der Waals surface area contributed by atoms with Crippen molar-refractivity contribution in [2.75, 3.05) is 6.61 Å². The Labute approximate surface area is 138 Å². The molecular formula is C20H25NO2. The Morgan fingerprint density at radius 3 is 2.30 bits per heavy atom. The molecule has 2 aromatic carbocycles. The zero-order chi connectivity index (χ0) is 16.8. The molecular weight excluding hydrogens is 286 g/mol. The van der Waals surface area contributed by atoms with Crippen molar-refractivity contribution in [3.8, 4) is 5.75 Å². The standard InChI is InChI=1S/C20H25NO2/c1-5-18(17-9-6-14(2)7-10-17)21-20(22)13-23-19-11-8-15(3)12-16(19)4/h6-12,18H,5,13H2,1-4H3,(H,21,22)/t18-/m1/s1. The van der Waals surface area contributed by atoms with Gasteiger partial charge in [-0.05, 0) is 44.4 Å². The van der Waals surface area contributed by atoms with Crippen LogP contribution in [0.3, 0.4) is 0 Å². The monoisotopic (exact) mass is 311 g/mol. The maximum absolute atomic E-state index is 12.2. The molecule has 0 saturated carbocycles. The predicted octanol–water partition coefficient (Wildman–Crippen LogP) is 4.26. The first kappa shape index (κ1) is 17.1. The summed E-state index contributed by atoms with van der Waals surface area (Å²) in [7, 11) is 0. The van der Waals surface area contributed by atoms with Crippen LogP contribution in [-0.2, 0) is 4.79 Å². The van der Waals surface area contributed by atoms with Gasteiger partial charge in [0.2, 0.25) is 0 Å². The molecule has 2 rings (SSSR count). The summed E-state index contributed by atoms with van der Waals surface area (Å²) in [6, 6.07) is 14.2. The molecule has 1 atom stereocenters. The summed E-state index contributed by atoms with van der Waals surface area (Å²) in [5.41, 5.74) is 4.57. The fourth-order valence-electron chi connectivity index (χ4n) is 2.56. The zero-order valence-corrected chi connectivity index (χ0v) is 14.3. The van der Waals surface area contributed by atoms with E-state index in [9.17, 15) is 4.79 Å². The maximum atomic E-state index is 12.2. The maximum Gasteiger partial charge on any atom is 0.258 e. The third-order valence-corrected chi connectivity index (χ3v) is 3.91. The molecule has 2 aromatic rings. The van der Waals surface area contributed by atoms with Crippen molar-refractivity contribution in [3.63, 3.8) is 0 Å². The van der Waals surface area contributed by atoms with Crippen LogP contribution in [0.1, 0.15) is 41.6 Å². The molecule has 0 aliphatic carbocycles. The second kappa shape index (κ2) is 7.82. The van der Waals surface area contributed by atoms with Crippen molar-refractivity contribution in [2.45, 2.75) is 40.2 Å². The molecule has 3 heteroatoms. The highest BCUT2D eigenvalue weighted by Crippen LogP contribution is 2.19. The third-order valence-electron chi connectivity index (χ3n) is 3.91. The minimum atomic E-state index is -0.0996. The van der Waals surface area contributed by atoms with E-state index >= 15 is 0 Å². The topological polar surface area (TPSA) is 38.3 Å². The number of rotatable bonds is 6. The van der Waals surface area contributed by atoms with Crippen LogP contribution in [0.15, 0.2) is 42.5 Å². The van der Waals surface area contributed by atoms with E-state index in [4.69, 9.17) is 4.74 Å². The van der Waals surface area contributed by atoms with Gasteiger partial charge in [-0.3, -0.25) is 4.79 Å². The molecule has 0 bridgehead atoms. The van der Waals surface area contributed by atoms with Gasteiger partial charge in [-0.1, -0.05) is 54.4 Å². The molecule has 3 nitrogen and oxygen atoms in total. The molecule has 1 amide bonds. The van der Waals surface area contributed by atoms with Crippen molar-refractivity contribution >= 4 is 5.91 Å². The van der Waals surface area contributed by atoms with E-state index < -0.39 is 0 Å². The van der Waals surface area contributed by atoms with Crippen molar-refractivity contribution in [2.24, 2.45) is 0 Å². The summed E-state index contributed by atoms with van der Waals surface area (Å²) in [5.74, 6) is 0.659. The molecule has 0 spiro atoms. The lowest BCUT2D eigenvalue weighted by Crippen LogP contribution is -2.32. The van der Waals surface area contributed by atoms with E-state index in [0.29, 0.717) is 0 Å². The number of hydrogen-bond donors (Lipinski definition) is 1. The Morgan fingerprint density at radius 2 is 1.70 bits per heavy atom. The van der Waals surface area contributed by atoms with Crippen LogP contribution < -0.4 is 10.1 Å². The van der Waals surface area contributed by atoms with Gasteiger partial charge in [0.25, 0.3) is 5.91 Å². The summed E-state index contributed by atoms with van der Waals surface area (Å²) >= 11 is 0. The summed E-state index contributed by atoms with van der Waals surface area (Å²) in [6.07, 6.45) is 0.846. The minimum Gasteiger partial charge on any atom is -0.484 e. The lowest BCUT2D eigenvalue weighted by molar-refractivity contribution is -0.123. The first-order chi connectivity index (χ1) is 11.0. The van der Waals surface area contributed by atoms with Crippen LogP contribution >= 0.6 is 0 Å². The van der Waals surface area contributed by atoms with E-state index in [0.717, 1.165) is 23.3 Å². The number of nitrogens with one attached hydrogen (secondary N) is 1. The molecule has 0 fully saturated rings. The lowest BCUT2D eigenvalue weighted by Gasteiger charge is -2.18. The molecule has 0 radical (unpaired) electrons. The summed E-state index contributed by atoms with van der Waals surface area (Å²) < 4.78 is 5.64. The highest BCUT2D eigenvalue weighted by atomic mass is 16.5. The van der Waals surface area contributed by atoms with Crippen LogP contribution in [0, 0.1) is 20.8 Å². The number of ether oxygens (including phenoxy) is 1. The highest BCUT2D eigenvalue weighted by molar-refractivity contribution is 5.78. The van der Waals surface area contributed by atoms with E-state index in [1.165, 1.54) is 11.1 Å². The zero-order valence-electron chi connectivity index (χ0n) is 14.3. The molecule has 1 N–H and O–H groups in total. The molecule has 0 aliphatic heterocycles. The number of carbonyl (C=O) groups excluding carboxylic acids is 1. The molecule has 0 heterocycles. The smallest absolute Gasteiger partial charge is 0.258 e. The van der Waals surface area contributed by atoms with Gasteiger partial charge in [0, 0.05) is 0 Å². The fraction of sp³-hybridized carbons (Fsp3) is 0.350. The van der Waals surface area contributed by atoms with E-state index in [1.54, 1.807) is 0 Å². The lowest BCUT2D eigenvalue weighted by atomic mass is 10.0. The average molecular weight is 311 g/mol. The number of amides is 1. The Kier molecular flexibility index (Phi) is 5.80. The van der Waals surface area contributed by atoms with Crippen LogP contribution in [0.4, 0.5) is 0 Å². The Morgan fingerprint density at radius 1 is 1.04 bits per heavy atom. The predicted molar refractivity (Wildman–Crippen MR) is 93.8 cm³/mol. The van der Waals surface area contributed by atoms with Gasteiger partial charge < -0.3 is 10.1 Å². The van der Waals surface area contributed by atoms with Gasteiger partial charge in [-0.25, -0.2) is 0 Å². The van der Waals surface area contributed by atoms with E-state index in [1.807, 2.05) is 32.0 Å². The molecule has 122 valence electrons. The van der Waals surface area contributed by atoms with Crippen LogP contribution in [0.25, 0.3) is 0 Å². The number of hydrogen-bond acceptors (Lipinski definition) is 2. The van der Waals surface area contributed by atoms with Crippen LogP contribution in [0.5, 0.6) is 5.75 Å². The van der Waals surface area contributed by atoms with Crippen molar-refractivity contribution in [1.29, 1.82) is 0 Å². The van der Waals surface area contributed by atoms with Gasteiger partial charge in [0.1, 0.15) is 5.75 Å². The Balaban J connectivity index is 1.93. The molecule has 0 saturated heterocycles. The third kappa shape index (κ3) is 4.85. The number of benzene rings is 2. The second-order valence-electron chi connectivity index (χ2n) is 6.00. The first-order valence-corrected chi connectivity index (χ1v) is 8.05. The molecule has 0 aliphatic rings. The van der Waals surface area contributed by atoms with Gasteiger partial charge in [-0.2, -0.15) is 0 Å². The van der Waals surface area contributed by atoms with E-state index in [-0.39, 0.29) is 18.6 Å². The molecule has 0 aromatic heterocycles. The second-order valence-corrected chi connectivity index (χ2v) is 6.00. The SMILES string of the molecule is CC[C@@H](NC(=O)COc1ccc(C)cc1C)c1ccc(C)cc1. The normalized spacial score (nSPS) is 11.8. The quantitative estimate of drug-likeness (QED) is 0.865.